The normalized spacial score (nSPS) is 11.8. The van der Waals surface area contributed by atoms with Gasteiger partial charge in [0.05, 0.1) is 9.90 Å². The molecule has 1 heterocycles. The van der Waals surface area contributed by atoms with E-state index in [2.05, 4.69) is 9.71 Å². The molecule has 0 fully saturated rings. The van der Waals surface area contributed by atoms with Gasteiger partial charge in [0.15, 0.2) is 0 Å². The molecule has 0 aliphatic carbocycles. The average Bonchev–Trinajstić information content (AvgIpc) is 2.80. The van der Waals surface area contributed by atoms with E-state index < -0.39 is 10.0 Å². The molecule has 3 N–H and O–H groups in total. The topological polar surface area (TPSA) is 85.1 Å². The molecule has 0 saturated carbocycles. The summed E-state index contributed by atoms with van der Waals surface area (Å²) in [6.45, 7) is 5.73. The van der Waals surface area contributed by atoms with Crippen LogP contribution < -0.4 is 10.5 Å². The fourth-order valence-corrected chi connectivity index (χ4v) is 4.44. The van der Waals surface area contributed by atoms with Gasteiger partial charge in [0.25, 0.3) is 0 Å². The number of benzene rings is 1. The summed E-state index contributed by atoms with van der Waals surface area (Å²) >= 11 is 1.54. The lowest BCUT2D eigenvalue weighted by molar-refractivity contribution is 0.580. The summed E-state index contributed by atoms with van der Waals surface area (Å²) in [5.41, 5.74) is 8.53. The lowest BCUT2D eigenvalue weighted by atomic mass is 10.1. The number of sulfonamides is 1. The van der Waals surface area contributed by atoms with Crippen LogP contribution in [0.4, 0.5) is 5.69 Å². The first-order chi connectivity index (χ1) is 9.81. The van der Waals surface area contributed by atoms with Gasteiger partial charge in [0.1, 0.15) is 0 Å². The number of anilines is 1. The van der Waals surface area contributed by atoms with Crippen LogP contribution in [0.1, 0.15) is 21.8 Å². The molecule has 0 unspecified atom stereocenters. The van der Waals surface area contributed by atoms with Crippen molar-refractivity contribution in [2.75, 3.05) is 12.3 Å². The first-order valence-corrected chi connectivity index (χ1v) is 8.94. The monoisotopic (exact) mass is 325 g/mol. The minimum atomic E-state index is -3.56. The molecule has 7 heteroatoms. The smallest absolute Gasteiger partial charge is 0.241 e. The fraction of sp³-hybridized carbons (Fsp3) is 0.357. The molecule has 0 amide bonds. The van der Waals surface area contributed by atoms with Gasteiger partial charge in [-0.3, -0.25) is 0 Å². The predicted molar refractivity (Wildman–Crippen MR) is 86.1 cm³/mol. The molecule has 1 aromatic heterocycles. The van der Waals surface area contributed by atoms with E-state index in [1.807, 2.05) is 12.3 Å². The number of nitrogens with zero attached hydrogens (tertiary/aromatic N) is 1. The molecule has 0 atom stereocenters. The van der Waals surface area contributed by atoms with Gasteiger partial charge < -0.3 is 5.73 Å². The van der Waals surface area contributed by atoms with Crippen molar-refractivity contribution in [3.8, 4) is 0 Å². The highest BCUT2D eigenvalue weighted by molar-refractivity contribution is 7.89. The highest BCUT2D eigenvalue weighted by Gasteiger charge is 2.20. The third-order valence-corrected chi connectivity index (χ3v) is 5.99. The fourth-order valence-electron chi connectivity index (χ4n) is 2.14. The lowest BCUT2D eigenvalue weighted by Crippen LogP contribution is -2.27. The third kappa shape index (κ3) is 3.61. The number of rotatable bonds is 5. The molecule has 0 spiro atoms. The van der Waals surface area contributed by atoms with E-state index in [0.29, 0.717) is 29.8 Å². The second-order valence-electron chi connectivity index (χ2n) is 4.96. The van der Waals surface area contributed by atoms with Gasteiger partial charge in [-0.15, -0.1) is 11.3 Å². The molecule has 0 radical (unpaired) electrons. The number of nitrogens with one attached hydrogen (secondary N) is 1. The summed E-state index contributed by atoms with van der Waals surface area (Å²) in [5, 5.41) is 2.88. The number of aromatic nitrogens is 1. The number of nitrogen functional groups attached to an aromatic ring is 1. The van der Waals surface area contributed by atoms with Crippen LogP contribution >= 0.6 is 11.3 Å². The standard InChI is InChI=1S/C14H19N3O2S2/c1-9-4-5-12(15)11(3)14(9)21(18,19)16-7-6-13-17-10(2)8-20-13/h4-5,8,16H,6-7,15H2,1-3H3. The van der Waals surface area contributed by atoms with Gasteiger partial charge in [0.2, 0.25) is 10.0 Å². The molecule has 114 valence electrons. The maximum Gasteiger partial charge on any atom is 0.241 e. The molecule has 0 bridgehead atoms. The molecule has 5 nitrogen and oxygen atoms in total. The maximum absolute atomic E-state index is 12.4. The SMILES string of the molecule is Cc1csc(CCNS(=O)(=O)c2c(C)ccc(N)c2C)n1. The van der Waals surface area contributed by atoms with Gasteiger partial charge in [0, 0.05) is 29.7 Å². The Morgan fingerprint density at radius 1 is 1.29 bits per heavy atom. The van der Waals surface area contributed by atoms with Gasteiger partial charge in [-0.25, -0.2) is 18.1 Å². The highest BCUT2D eigenvalue weighted by Crippen LogP contribution is 2.24. The predicted octanol–water partition coefficient (Wildman–Crippen LogP) is 2.17. The molecule has 0 aliphatic heterocycles. The Bertz CT molecular complexity index is 752. The van der Waals surface area contributed by atoms with Crippen molar-refractivity contribution in [2.24, 2.45) is 0 Å². The van der Waals surface area contributed by atoms with E-state index in [1.54, 1.807) is 26.0 Å². The first-order valence-electron chi connectivity index (χ1n) is 6.57. The van der Waals surface area contributed by atoms with Gasteiger partial charge >= 0.3 is 0 Å². The van der Waals surface area contributed by atoms with E-state index in [0.717, 1.165) is 10.7 Å². The summed E-state index contributed by atoms with van der Waals surface area (Å²) in [6, 6.07) is 3.45. The summed E-state index contributed by atoms with van der Waals surface area (Å²) < 4.78 is 27.5. The number of hydrogen-bond donors (Lipinski definition) is 2. The van der Waals surface area contributed by atoms with Crippen LogP contribution in [0, 0.1) is 20.8 Å². The Balaban J connectivity index is 2.14. The second-order valence-corrected chi connectivity index (χ2v) is 7.60. The largest absolute Gasteiger partial charge is 0.398 e. The van der Waals surface area contributed by atoms with Crippen molar-refractivity contribution in [1.29, 1.82) is 0 Å². The Morgan fingerprint density at radius 2 is 2.00 bits per heavy atom. The summed E-state index contributed by atoms with van der Waals surface area (Å²) in [5.74, 6) is 0. The van der Waals surface area contributed by atoms with Crippen LogP contribution in [0.15, 0.2) is 22.4 Å². The Hall–Kier alpha value is -1.44. The second kappa shape index (κ2) is 6.13. The first kappa shape index (κ1) is 15.9. The van der Waals surface area contributed by atoms with Crippen molar-refractivity contribution < 1.29 is 8.42 Å². The van der Waals surface area contributed by atoms with Gasteiger partial charge in [-0.2, -0.15) is 0 Å². The number of hydrogen-bond acceptors (Lipinski definition) is 5. The van der Waals surface area contributed by atoms with Gasteiger partial charge in [-0.05, 0) is 38.0 Å². The van der Waals surface area contributed by atoms with Crippen LogP contribution in [0.3, 0.4) is 0 Å². The summed E-state index contributed by atoms with van der Waals surface area (Å²) in [7, 11) is -3.56. The average molecular weight is 325 g/mol. The van der Waals surface area contributed by atoms with Crippen LogP contribution in [0.2, 0.25) is 0 Å². The van der Waals surface area contributed by atoms with E-state index in [-0.39, 0.29) is 4.90 Å². The van der Waals surface area contributed by atoms with E-state index in [1.165, 1.54) is 11.3 Å². The molecular weight excluding hydrogens is 306 g/mol. The molecule has 2 aromatic rings. The number of thiazole rings is 1. The Morgan fingerprint density at radius 3 is 2.62 bits per heavy atom. The zero-order valence-corrected chi connectivity index (χ0v) is 13.9. The van der Waals surface area contributed by atoms with Gasteiger partial charge in [-0.1, -0.05) is 6.07 Å². The quantitative estimate of drug-likeness (QED) is 0.825. The molecular formula is C14H19N3O2S2. The van der Waals surface area contributed by atoms with Crippen LogP contribution in [0.25, 0.3) is 0 Å². The zero-order valence-electron chi connectivity index (χ0n) is 12.3. The Kier molecular flexibility index (Phi) is 4.65. The van der Waals surface area contributed by atoms with Crippen molar-refractivity contribution in [1.82, 2.24) is 9.71 Å². The maximum atomic E-state index is 12.4. The highest BCUT2D eigenvalue weighted by atomic mass is 32.2. The third-order valence-electron chi connectivity index (χ3n) is 3.21. The van der Waals surface area contributed by atoms with Crippen LogP contribution in [-0.2, 0) is 16.4 Å². The minimum Gasteiger partial charge on any atom is -0.398 e. The number of aryl methyl sites for hydroxylation is 2. The van der Waals surface area contributed by atoms with Crippen molar-refractivity contribution in [3.05, 3.63) is 39.3 Å². The van der Waals surface area contributed by atoms with Crippen LogP contribution in [-0.4, -0.2) is 19.9 Å². The molecule has 0 saturated heterocycles. The van der Waals surface area contributed by atoms with E-state index >= 15 is 0 Å². The molecule has 2 rings (SSSR count). The summed E-state index contributed by atoms with van der Waals surface area (Å²) in [4.78, 5) is 4.59. The van der Waals surface area contributed by atoms with Crippen molar-refractivity contribution >= 4 is 27.0 Å². The molecule has 1 aromatic carbocycles. The Labute approximate surface area is 129 Å². The van der Waals surface area contributed by atoms with Crippen LogP contribution in [0.5, 0.6) is 0 Å². The lowest BCUT2D eigenvalue weighted by Gasteiger charge is -2.13. The number of nitrogens with two attached hydrogens (primary N) is 1. The van der Waals surface area contributed by atoms with E-state index in [9.17, 15) is 8.42 Å². The van der Waals surface area contributed by atoms with Crippen molar-refractivity contribution in [3.63, 3.8) is 0 Å². The van der Waals surface area contributed by atoms with Crippen molar-refractivity contribution in [2.45, 2.75) is 32.1 Å². The minimum absolute atomic E-state index is 0.276. The molecule has 0 aliphatic rings. The summed E-state index contributed by atoms with van der Waals surface area (Å²) in [6.07, 6.45) is 0.581. The zero-order chi connectivity index (χ0) is 15.6. The molecule has 21 heavy (non-hydrogen) atoms. The van der Waals surface area contributed by atoms with E-state index in [4.69, 9.17) is 5.73 Å².